The quantitative estimate of drug-likeness (QED) is 0.453. The Kier molecular flexibility index (Phi) is 3.44. The van der Waals surface area contributed by atoms with E-state index >= 15 is 0 Å². The topological polar surface area (TPSA) is 38.4 Å². The highest BCUT2D eigenvalue weighted by Gasteiger charge is 1.98. The van der Waals surface area contributed by atoms with Gasteiger partial charge in [-0.3, -0.25) is 0 Å². The van der Waals surface area contributed by atoms with Crippen LogP contribution in [0.4, 0.5) is 5.69 Å². The maximum atomic E-state index is 5.85. The minimum absolute atomic E-state index is 0.620. The number of aliphatic imine (C=N–C) groups is 1. The fourth-order valence-electron chi connectivity index (χ4n) is 0.799. The third-order valence-corrected chi connectivity index (χ3v) is 2.41. The fraction of sp³-hybridized carbons (Fsp3) is 0.125. The smallest absolute Gasteiger partial charge is 0.0860 e. The molecule has 1 aromatic rings. The summed E-state index contributed by atoms with van der Waals surface area (Å²) in [6.45, 7) is 0. The van der Waals surface area contributed by atoms with Crippen LogP contribution in [-0.4, -0.2) is 12.6 Å². The van der Waals surface area contributed by atoms with Crippen LogP contribution < -0.4 is 5.73 Å². The molecule has 1 aromatic carbocycles. The van der Waals surface area contributed by atoms with Gasteiger partial charge >= 0.3 is 0 Å². The van der Waals surface area contributed by atoms with Gasteiger partial charge in [-0.1, -0.05) is 11.6 Å². The predicted molar refractivity (Wildman–Crippen MR) is 55.6 cm³/mol. The number of halogens is 1. The summed E-state index contributed by atoms with van der Waals surface area (Å²) in [5.74, 6) is 0. The van der Waals surface area contributed by atoms with Crippen LogP contribution in [0, 0.1) is 0 Å². The molecule has 0 atom stereocenters. The minimum atomic E-state index is 0.620. The Morgan fingerprint density at radius 3 is 2.92 bits per heavy atom. The fourth-order valence-corrected chi connectivity index (χ4v) is 1.40. The molecule has 4 heteroatoms. The Morgan fingerprint density at radius 2 is 2.33 bits per heavy atom. The van der Waals surface area contributed by atoms with Crippen molar-refractivity contribution < 1.29 is 0 Å². The maximum Gasteiger partial charge on any atom is 0.0860 e. The molecule has 0 saturated carbocycles. The number of rotatable bonds is 2. The van der Waals surface area contributed by atoms with Gasteiger partial charge in [0.25, 0.3) is 0 Å². The van der Waals surface area contributed by atoms with E-state index in [0.717, 1.165) is 4.90 Å². The van der Waals surface area contributed by atoms with Gasteiger partial charge < -0.3 is 5.73 Å². The summed E-state index contributed by atoms with van der Waals surface area (Å²) in [6.07, 6.45) is 3.24. The molecule has 2 N–H and O–H groups in total. The van der Waals surface area contributed by atoms with Gasteiger partial charge in [0.15, 0.2) is 0 Å². The van der Waals surface area contributed by atoms with Gasteiger partial charge in [-0.15, -0.1) is 11.8 Å². The first-order chi connectivity index (χ1) is 5.77. The number of benzene rings is 1. The average Bonchev–Trinajstić information content (AvgIpc) is 2.09. The Bertz CT molecular complexity index is 299. The SMILES string of the molecule is CSc1ccc(Cl)c(N=CN)c1. The zero-order valence-electron chi connectivity index (χ0n) is 6.62. The lowest BCUT2D eigenvalue weighted by Crippen LogP contribution is -1.86. The van der Waals surface area contributed by atoms with Crippen LogP contribution in [0.25, 0.3) is 0 Å². The van der Waals surface area contributed by atoms with Crippen LogP contribution in [0.5, 0.6) is 0 Å². The summed E-state index contributed by atoms with van der Waals surface area (Å²) < 4.78 is 0. The largest absolute Gasteiger partial charge is 0.390 e. The second-order valence-corrected chi connectivity index (χ2v) is 3.38. The molecule has 0 aliphatic heterocycles. The van der Waals surface area contributed by atoms with Gasteiger partial charge in [-0.2, -0.15) is 0 Å². The normalized spacial score (nSPS) is 10.8. The molecule has 12 heavy (non-hydrogen) atoms. The highest BCUT2D eigenvalue weighted by Crippen LogP contribution is 2.28. The third-order valence-electron chi connectivity index (χ3n) is 1.37. The Hall–Kier alpha value is -0.670. The first-order valence-electron chi connectivity index (χ1n) is 3.35. The lowest BCUT2D eigenvalue weighted by molar-refractivity contribution is 1.41. The maximum absolute atomic E-state index is 5.85. The molecule has 0 aromatic heterocycles. The molecular formula is C8H9ClN2S. The molecule has 64 valence electrons. The molecule has 0 aliphatic carbocycles. The van der Waals surface area contributed by atoms with Gasteiger partial charge in [-0.25, -0.2) is 4.99 Å². The molecule has 0 radical (unpaired) electrons. The van der Waals surface area contributed by atoms with Crippen molar-refractivity contribution in [2.75, 3.05) is 6.26 Å². The molecule has 0 fully saturated rings. The van der Waals surface area contributed by atoms with Crippen molar-refractivity contribution in [3.8, 4) is 0 Å². The summed E-state index contributed by atoms with van der Waals surface area (Å²) in [5.41, 5.74) is 5.88. The van der Waals surface area contributed by atoms with E-state index in [1.165, 1.54) is 6.34 Å². The molecule has 0 heterocycles. The Labute approximate surface area is 80.8 Å². The van der Waals surface area contributed by atoms with E-state index in [0.29, 0.717) is 10.7 Å². The van der Waals surface area contributed by atoms with Gasteiger partial charge in [0, 0.05) is 4.90 Å². The highest BCUT2D eigenvalue weighted by molar-refractivity contribution is 7.98. The van der Waals surface area contributed by atoms with Crippen molar-refractivity contribution in [1.82, 2.24) is 0 Å². The molecule has 0 unspecified atom stereocenters. The zero-order chi connectivity index (χ0) is 8.97. The van der Waals surface area contributed by atoms with Crippen LogP contribution in [0.3, 0.4) is 0 Å². The van der Waals surface area contributed by atoms with E-state index in [1.807, 2.05) is 24.5 Å². The van der Waals surface area contributed by atoms with Crippen LogP contribution in [0.15, 0.2) is 28.1 Å². The highest BCUT2D eigenvalue weighted by atomic mass is 35.5. The van der Waals surface area contributed by atoms with Crippen LogP contribution >= 0.6 is 23.4 Å². The first-order valence-corrected chi connectivity index (χ1v) is 4.96. The molecule has 0 bridgehead atoms. The van der Waals surface area contributed by atoms with Crippen molar-refractivity contribution in [2.45, 2.75) is 4.90 Å². The molecule has 0 amide bonds. The molecule has 2 nitrogen and oxygen atoms in total. The van der Waals surface area contributed by atoms with Crippen molar-refractivity contribution in [2.24, 2.45) is 10.7 Å². The standard InChI is InChI=1S/C8H9ClN2S/c1-12-6-2-3-7(9)8(4-6)11-5-10/h2-5H,1H3,(H2,10,11). The van der Waals surface area contributed by atoms with Crippen LogP contribution in [0.2, 0.25) is 5.02 Å². The lowest BCUT2D eigenvalue weighted by Gasteiger charge is -1.99. The summed E-state index contributed by atoms with van der Waals surface area (Å²) in [4.78, 5) is 5.05. The third kappa shape index (κ3) is 2.16. The zero-order valence-corrected chi connectivity index (χ0v) is 8.19. The van der Waals surface area contributed by atoms with Gasteiger partial charge in [-0.05, 0) is 24.5 Å². The van der Waals surface area contributed by atoms with Gasteiger partial charge in [0.05, 0.1) is 17.0 Å². The number of hydrogen-bond donors (Lipinski definition) is 1. The van der Waals surface area contributed by atoms with Gasteiger partial charge in [0.1, 0.15) is 0 Å². The predicted octanol–water partition coefficient (Wildman–Crippen LogP) is 2.68. The Morgan fingerprint density at radius 1 is 1.58 bits per heavy atom. The summed E-state index contributed by atoms with van der Waals surface area (Å²) in [7, 11) is 0. The molecule has 1 rings (SSSR count). The molecule has 0 aliphatic rings. The number of thioether (sulfide) groups is 1. The van der Waals surface area contributed by atoms with E-state index in [-0.39, 0.29) is 0 Å². The molecular weight excluding hydrogens is 192 g/mol. The molecule has 0 saturated heterocycles. The van der Waals surface area contributed by atoms with E-state index in [9.17, 15) is 0 Å². The summed E-state index contributed by atoms with van der Waals surface area (Å²) in [6, 6.07) is 5.66. The monoisotopic (exact) mass is 200 g/mol. The second kappa shape index (κ2) is 4.38. The average molecular weight is 201 g/mol. The second-order valence-electron chi connectivity index (χ2n) is 2.10. The van der Waals surface area contributed by atoms with E-state index in [2.05, 4.69) is 4.99 Å². The van der Waals surface area contributed by atoms with E-state index in [1.54, 1.807) is 11.8 Å². The minimum Gasteiger partial charge on any atom is -0.390 e. The number of nitrogens with two attached hydrogens (primary N) is 1. The summed E-state index contributed by atoms with van der Waals surface area (Å²) >= 11 is 7.50. The van der Waals surface area contributed by atoms with Crippen molar-refractivity contribution in [3.05, 3.63) is 23.2 Å². The van der Waals surface area contributed by atoms with Crippen LogP contribution in [0.1, 0.15) is 0 Å². The number of hydrogen-bond acceptors (Lipinski definition) is 2. The van der Waals surface area contributed by atoms with Crippen LogP contribution in [-0.2, 0) is 0 Å². The summed E-state index contributed by atoms with van der Waals surface area (Å²) in [5, 5.41) is 0.620. The molecule has 0 spiro atoms. The van der Waals surface area contributed by atoms with E-state index in [4.69, 9.17) is 17.3 Å². The van der Waals surface area contributed by atoms with Gasteiger partial charge in [0.2, 0.25) is 0 Å². The van der Waals surface area contributed by atoms with Crippen molar-refractivity contribution in [1.29, 1.82) is 0 Å². The van der Waals surface area contributed by atoms with Crippen molar-refractivity contribution >= 4 is 35.4 Å². The first kappa shape index (κ1) is 9.42. The Balaban J connectivity index is 3.08. The number of nitrogens with zero attached hydrogens (tertiary/aromatic N) is 1. The lowest BCUT2D eigenvalue weighted by atomic mass is 10.3. The van der Waals surface area contributed by atoms with E-state index < -0.39 is 0 Å². The van der Waals surface area contributed by atoms with Crippen molar-refractivity contribution in [3.63, 3.8) is 0 Å².